The molecule has 1 aromatic carbocycles. The standard InChI is InChI=1S/C34H56N4/c1-3-5-7-9-11-13-15-17-23-35-25-27-37(31-35)29-33-19-21-34(22-20-33)30-38-28-26-36(32-38)24-18-16-14-12-10-8-6-4-2/h19-22,25-28,31-32H,3-18,23-24,29-30H2,1-2H3/q+2. The number of aromatic nitrogens is 4. The molecular formula is C34H56N4+2. The van der Waals surface area contributed by atoms with E-state index < -0.39 is 0 Å². The fourth-order valence-electron chi connectivity index (χ4n) is 5.36. The maximum Gasteiger partial charge on any atom is 0.244 e. The molecule has 2 heterocycles. The average Bonchev–Trinajstić information content (AvgIpc) is 3.57. The van der Waals surface area contributed by atoms with Gasteiger partial charge in [0.05, 0.1) is 13.1 Å². The molecule has 0 bridgehead atoms. The van der Waals surface area contributed by atoms with Gasteiger partial charge >= 0.3 is 0 Å². The minimum atomic E-state index is 0.937. The van der Waals surface area contributed by atoms with Gasteiger partial charge in [-0.05, 0) is 36.8 Å². The molecule has 0 spiro atoms. The molecule has 0 aliphatic rings. The lowest BCUT2D eigenvalue weighted by Crippen LogP contribution is -2.32. The van der Waals surface area contributed by atoms with Crippen molar-refractivity contribution in [1.82, 2.24) is 9.13 Å². The lowest BCUT2D eigenvalue weighted by molar-refractivity contribution is -0.688. The summed E-state index contributed by atoms with van der Waals surface area (Å²) in [5.74, 6) is 0. The van der Waals surface area contributed by atoms with E-state index in [4.69, 9.17) is 0 Å². The maximum atomic E-state index is 2.35. The predicted octanol–water partition coefficient (Wildman–Crippen LogP) is 8.24. The van der Waals surface area contributed by atoms with Crippen molar-refractivity contribution >= 4 is 0 Å². The van der Waals surface area contributed by atoms with Gasteiger partial charge in [0.15, 0.2) is 0 Å². The molecule has 0 aliphatic carbocycles. The second-order valence-electron chi connectivity index (χ2n) is 11.4. The summed E-state index contributed by atoms with van der Waals surface area (Å²) < 4.78 is 9.31. The molecule has 2 aromatic heterocycles. The van der Waals surface area contributed by atoms with E-state index in [-0.39, 0.29) is 0 Å². The van der Waals surface area contributed by atoms with Crippen molar-refractivity contribution in [1.29, 1.82) is 0 Å². The predicted molar refractivity (Wildman–Crippen MR) is 159 cm³/mol. The zero-order valence-corrected chi connectivity index (χ0v) is 24.7. The molecule has 4 nitrogen and oxygen atoms in total. The van der Waals surface area contributed by atoms with Gasteiger partial charge in [-0.25, -0.2) is 18.3 Å². The Balaban J connectivity index is 1.30. The van der Waals surface area contributed by atoms with Crippen molar-refractivity contribution in [3.63, 3.8) is 0 Å². The van der Waals surface area contributed by atoms with Crippen molar-refractivity contribution in [2.75, 3.05) is 0 Å². The second kappa shape index (κ2) is 18.8. The SMILES string of the molecule is CCCCCCCCCCn1cc[n+](Cc2ccc(C[n+]3ccn(CCCCCCCCCC)c3)cc2)c1. The van der Waals surface area contributed by atoms with Gasteiger partial charge in [-0.3, -0.25) is 0 Å². The van der Waals surface area contributed by atoms with Crippen LogP contribution in [0.4, 0.5) is 0 Å². The van der Waals surface area contributed by atoms with Gasteiger partial charge in [0, 0.05) is 0 Å². The highest BCUT2D eigenvalue weighted by Crippen LogP contribution is 2.10. The molecular weight excluding hydrogens is 464 g/mol. The van der Waals surface area contributed by atoms with Crippen LogP contribution in [0.2, 0.25) is 0 Å². The number of benzene rings is 1. The molecule has 4 heteroatoms. The first-order valence-electron chi connectivity index (χ1n) is 15.9. The van der Waals surface area contributed by atoms with Crippen LogP contribution in [0.3, 0.4) is 0 Å². The van der Waals surface area contributed by atoms with Gasteiger partial charge in [0.25, 0.3) is 0 Å². The first kappa shape index (κ1) is 30.2. The van der Waals surface area contributed by atoms with E-state index >= 15 is 0 Å². The summed E-state index contributed by atoms with van der Waals surface area (Å²) in [6.07, 6.45) is 35.4. The van der Waals surface area contributed by atoms with Crippen LogP contribution in [0, 0.1) is 0 Å². The number of hydrogen-bond donors (Lipinski definition) is 0. The van der Waals surface area contributed by atoms with Crippen LogP contribution in [-0.2, 0) is 26.2 Å². The number of imidazole rings is 2. The number of hydrogen-bond acceptors (Lipinski definition) is 0. The van der Waals surface area contributed by atoms with Crippen molar-refractivity contribution in [2.45, 2.75) is 143 Å². The van der Waals surface area contributed by atoms with E-state index in [0.29, 0.717) is 0 Å². The Labute approximate surface area is 233 Å². The molecule has 0 radical (unpaired) electrons. The lowest BCUT2D eigenvalue weighted by atomic mass is 10.1. The normalized spacial score (nSPS) is 11.4. The minimum Gasteiger partial charge on any atom is -0.237 e. The third-order valence-corrected chi connectivity index (χ3v) is 7.79. The van der Waals surface area contributed by atoms with Crippen molar-refractivity contribution in [3.8, 4) is 0 Å². The quantitative estimate of drug-likeness (QED) is 0.0937. The van der Waals surface area contributed by atoms with Gasteiger partial charge in [-0.2, -0.15) is 0 Å². The smallest absolute Gasteiger partial charge is 0.237 e. The number of unbranched alkanes of at least 4 members (excludes halogenated alkanes) is 14. The van der Waals surface area contributed by atoms with Gasteiger partial charge in [0.2, 0.25) is 12.7 Å². The van der Waals surface area contributed by atoms with E-state index in [2.05, 4.69) is 93.8 Å². The first-order valence-corrected chi connectivity index (χ1v) is 15.9. The third-order valence-electron chi connectivity index (χ3n) is 7.79. The molecule has 0 unspecified atom stereocenters. The molecule has 3 rings (SSSR count). The fourth-order valence-corrected chi connectivity index (χ4v) is 5.36. The van der Waals surface area contributed by atoms with E-state index in [1.54, 1.807) is 0 Å². The van der Waals surface area contributed by atoms with Gasteiger partial charge in [-0.1, -0.05) is 115 Å². The molecule has 210 valence electrons. The van der Waals surface area contributed by atoms with Crippen molar-refractivity contribution in [3.05, 3.63) is 72.8 Å². The molecule has 0 N–H and O–H groups in total. The van der Waals surface area contributed by atoms with Crippen LogP contribution >= 0.6 is 0 Å². The zero-order chi connectivity index (χ0) is 26.7. The molecule has 0 saturated heterocycles. The summed E-state index contributed by atoms with van der Waals surface area (Å²) in [5.41, 5.74) is 2.72. The minimum absolute atomic E-state index is 0.937. The average molecular weight is 521 g/mol. The molecule has 0 atom stereocenters. The summed E-state index contributed by atoms with van der Waals surface area (Å²) in [6.45, 7) is 8.72. The summed E-state index contributed by atoms with van der Waals surface area (Å²) in [7, 11) is 0. The highest BCUT2D eigenvalue weighted by Gasteiger charge is 2.08. The van der Waals surface area contributed by atoms with E-state index in [1.807, 2.05) is 0 Å². The largest absolute Gasteiger partial charge is 0.244 e. The molecule has 0 saturated carbocycles. The first-order chi connectivity index (χ1) is 18.8. The van der Waals surface area contributed by atoms with Crippen LogP contribution in [0.5, 0.6) is 0 Å². The lowest BCUT2D eigenvalue weighted by Gasteiger charge is -2.02. The van der Waals surface area contributed by atoms with E-state index in [9.17, 15) is 0 Å². The molecule has 0 amide bonds. The summed E-state index contributed by atoms with van der Waals surface area (Å²) in [5, 5.41) is 0. The maximum absolute atomic E-state index is 2.35. The Morgan fingerprint density at radius 1 is 0.474 bits per heavy atom. The van der Waals surface area contributed by atoms with E-state index in [0.717, 1.165) is 26.2 Å². The summed E-state index contributed by atoms with van der Waals surface area (Å²) in [6, 6.07) is 9.15. The summed E-state index contributed by atoms with van der Waals surface area (Å²) >= 11 is 0. The molecule has 0 aliphatic heterocycles. The molecule has 0 fully saturated rings. The molecule has 38 heavy (non-hydrogen) atoms. The van der Waals surface area contributed by atoms with Crippen LogP contribution in [0.25, 0.3) is 0 Å². The van der Waals surface area contributed by atoms with Crippen LogP contribution in [0.1, 0.15) is 128 Å². The number of nitrogens with zero attached hydrogens (tertiary/aromatic N) is 4. The highest BCUT2D eigenvalue weighted by atomic mass is 15.1. The topological polar surface area (TPSA) is 17.6 Å². The monoisotopic (exact) mass is 520 g/mol. The van der Waals surface area contributed by atoms with Crippen LogP contribution < -0.4 is 9.13 Å². The van der Waals surface area contributed by atoms with Crippen molar-refractivity contribution < 1.29 is 9.13 Å². The van der Waals surface area contributed by atoms with Crippen LogP contribution in [0.15, 0.2) is 61.7 Å². The van der Waals surface area contributed by atoms with Gasteiger partial charge in [0.1, 0.15) is 37.9 Å². The Morgan fingerprint density at radius 3 is 1.18 bits per heavy atom. The second-order valence-corrected chi connectivity index (χ2v) is 11.4. The fraction of sp³-hybridized carbons (Fsp3) is 0.647. The Morgan fingerprint density at radius 2 is 0.816 bits per heavy atom. The number of rotatable bonds is 22. The van der Waals surface area contributed by atoms with Gasteiger partial charge in [-0.15, -0.1) is 0 Å². The van der Waals surface area contributed by atoms with Crippen molar-refractivity contribution in [2.24, 2.45) is 0 Å². The Hall–Kier alpha value is -2.36. The van der Waals surface area contributed by atoms with Gasteiger partial charge < -0.3 is 0 Å². The number of aryl methyl sites for hydroxylation is 2. The van der Waals surface area contributed by atoms with E-state index in [1.165, 1.54) is 114 Å². The third kappa shape index (κ3) is 12.5. The Kier molecular flexibility index (Phi) is 14.9. The Bertz CT molecular complexity index is 889. The summed E-state index contributed by atoms with van der Waals surface area (Å²) in [4.78, 5) is 0. The molecule has 3 aromatic rings. The zero-order valence-electron chi connectivity index (χ0n) is 24.7. The van der Waals surface area contributed by atoms with Crippen LogP contribution in [-0.4, -0.2) is 9.13 Å². The highest BCUT2D eigenvalue weighted by molar-refractivity contribution is 5.21.